The minimum atomic E-state index is -0.268. The highest BCUT2D eigenvalue weighted by Gasteiger charge is 2.18. The molecule has 0 saturated heterocycles. The number of carbonyl (C=O) groups is 1. The van der Waals surface area contributed by atoms with Crippen LogP contribution in [0.4, 0.5) is 0 Å². The molecule has 0 radical (unpaired) electrons. The van der Waals surface area contributed by atoms with Crippen molar-refractivity contribution in [3.05, 3.63) is 33.8 Å². The van der Waals surface area contributed by atoms with Crippen LogP contribution in [0.2, 0.25) is 10.0 Å². The Kier molecular flexibility index (Phi) is 5.38. The van der Waals surface area contributed by atoms with Gasteiger partial charge in [-0.3, -0.25) is 4.79 Å². The van der Waals surface area contributed by atoms with Crippen molar-refractivity contribution in [3.8, 4) is 0 Å². The number of hydrogen-bond donors (Lipinski definition) is 1. The van der Waals surface area contributed by atoms with E-state index in [2.05, 4.69) is 0 Å². The molecule has 0 fully saturated rings. The minimum Gasteiger partial charge on any atom is -0.392 e. The van der Waals surface area contributed by atoms with E-state index in [-0.39, 0.29) is 18.4 Å². The molecular weight excluding hydrogens is 291 g/mol. The van der Waals surface area contributed by atoms with Crippen LogP contribution in [0.3, 0.4) is 0 Å². The van der Waals surface area contributed by atoms with Crippen LogP contribution >= 0.6 is 35.4 Å². The van der Waals surface area contributed by atoms with Gasteiger partial charge in [-0.1, -0.05) is 41.5 Å². The molecule has 1 aromatic rings. The number of amides is 1. The Morgan fingerprint density at radius 1 is 1.44 bits per heavy atom. The molecule has 0 aliphatic carbocycles. The van der Waals surface area contributed by atoms with Gasteiger partial charge in [-0.15, -0.1) is 0 Å². The maximum Gasteiger partial charge on any atom is 0.227 e. The van der Waals surface area contributed by atoms with Gasteiger partial charge in [0.2, 0.25) is 5.91 Å². The Hall–Kier alpha value is -0.840. The lowest BCUT2D eigenvalue weighted by molar-refractivity contribution is -0.129. The van der Waals surface area contributed by atoms with Crippen molar-refractivity contribution in [3.63, 3.8) is 0 Å². The predicted octanol–water partition coefficient (Wildman–Crippen LogP) is 2.67. The van der Waals surface area contributed by atoms with Gasteiger partial charge in [0.25, 0.3) is 0 Å². The number of thiocarbonyl (C=S) groups is 1. The van der Waals surface area contributed by atoms with E-state index in [1.165, 1.54) is 4.90 Å². The lowest BCUT2D eigenvalue weighted by atomic mass is 10.1. The molecule has 18 heavy (non-hydrogen) atoms. The summed E-state index contributed by atoms with van der Waals surface area (Å²) in [6, 6.07) is 4.85. The fourth-order valence-electron chi connectivity index (χ4n) is 1.36. The van der Waals surface area contributed by atoms with E-state index in [0.29, 0.717) is 15.0 Å². The van der Waals surface area contributed by atoms with E-state index in [9.17, 15) is 4.79 Å². The lowest BCUT2D eigenvalue weighted by Gasteiger charge is -2.24. The Labute approximate surface area is 122 Å². The van der Waals surface area contributed by atoms with Crippen molar-refractivity contribution in [2.75, 3.05) is 7.05 Å². The zero-order valence-electron chi connectivity index (χ0n) is 10.1. The van der Waals surface area contributed by atoms with Crippen LogP contribution in [0.15, 0.2) is 18.2 Å². The topological polar surface area (TPSA) is 46.3 Å². The standard InChI is InChI=1S/C12H14Cl2N2OS/c1-7(12(15)18)16(2)11(17)6-8-3-4-9(13)10(14)5-8/h3-5,7H,6H2,1-2H3,(H2,15,18). The van der Waals surface area contributed by atoms with Crippen LogP contribution in [0, 0.1) is 0 Å². The highest BCUT2D eigenvalue weighted by atomic mass is 35.5. The Morgan fingerprint density at radius 3 is 2.56 bits per heavy atom. The molecule has 0 spiro atoms. The van der Waals surface area contributed by atoms with E-state index in [0.717, 1.165) is 5.56 Å². The van der Waals surface area contributed by atoms with E-state index in [1.54, 1.807) is 32.2 Å². The third kappa shape index (κ3) is 3.83. The smallest absolute Gasteiger partial charge is 0.227 e. The fraction of sp³-hybridized carbons (Fsp3) is 0.333. The van der Waals surface area contributed by atoms with Crippen LogP contribution in [0.5, 0.6) is 0 Å². The molecule has 2 N–H and O–H groups in total. The van der Waals surface area contributed by atoms with Crippen LogP contribution in [-0.4, -0.2) is 28.9 Å². The first-order chi connectivity index (χ1) is 8.32. The van der Waals surface area contributed by atoms with E-state index in [4.69, 9.17) is 41.2 Å². The average molecular weight is 305 g/mol. The number of halogens is 2. The summed E-state index contributed by atoms with van der Waals surface area (Å²) in [5, 5.41) is 0.907. The zero-order valence-corrected chi connectivity index (χ0v) is 12.4. The summed E-state index contributed by atoms with van der Waals surface area (Å²) in [4.78, 5) is 13.8. The van der Waals surface area contributed by atoms with Gasteiger partial charge in [0.15, 0.2) is 0 Å². The Bertz CT molecular complexity index is 479. The van der Waals surface area contributed by atoms with E-state index >= 15 is 0 Å². The molecule has 3 nitrogen and oxygen atoms in total. The first kappa shape index (κ1) is 15.2. The number of nitrogens with zero attached hydrogens (tertiary/aromatic N) is 1. The highest BCUT2D eigenvalue weighted by Crippen LogP contribution is 2.23. The van der Waals surface area contributed by atoms with Crippen LogP contribution < -0.4 is 5.73 Å². The van der Waals surface area contributed by atoms with Crippen molar-refractivity contribution >= 4 is 46.3 Å². The molecule has 0 bridgehead atoms. The van der Waals surface area contributed by atoms with Crippen molar-refractivity contribution in [1.29, 1.82) is 0 Å². The molecule has 0 saturated carbocycles. The van der Waals surface area contributed by atoms with Crippen LogP contribution in [0.25, 0.3) is 0 Å². The maximum absolute atomic E-state index is 12.0. The summed E-state index contributed by atoms with van der Waals surface area (Å²) in [7, 11) is 1.67. The number of rotatable bonds is 4. The molecule has 1 rings (SSSR count). The zero-order chi connectivity index (χ0) is 13.9. The lowest BCUT2D eigenvalue weighted by Crippen LogP contribution is -2.43. The molecule has 98 valence electrons. The molecular formula is C12H14Cl2N2OS. The minimum absolute atomic E-state index is 0.0753. The second-order valence-corrected chi connectivity index (χ2v) is 5.29. The SMILES string of the molecule is CC(C(N)=S)N(C)C(=O)Cc1ccc(Cl)c(Cl)c1. The number of hydrogen-bond acceptors (Lipinski definition) is 2. The van der Waals surface area contributed by atoms with Crippen molar-refractivity contribution in [2.45, 2.75) is 19.4 Å². The normalized spacial score (nSPS) is 12.0. The predicted molar refractivity (Wildman–Crippen MR) is 79.2 cm³/mol. The van der Waals surface area contributed by atoms with Crippen LogP contribution in [-0.2, 0) is 11.2 Å². The first-order valence-corrected chi connectivity index (χ1v) is 6.48. The van der Waals surface area contributed by atoms with E-state index in [1.807, 2.05) is 0 Å². The second-order valence-electron chi connectivity index (χ2n) is 4.01. The molecule has 1 atom stereocenters. The number of nitrogens with two attached hydrogens (primary N) is 1. The molecule has 1 unspecified atom stereocenters. The summed E-state index contributed by atoms with van der Waals surface area (Å²) in [6.45, 7) is 1.79. The van der Waals surface area contributed by atoms with Gasteiger partial charge in [0, 0.05) is 7.05 Å². The number of benzene rings is 1. The maximum atomic E-state index is 12.0. The third-order valence-corrected chi connectivity index (χ3v) is 3.81. The largest absolute Gasteiger partial charge is 0.392 e. The monoisotopic (exact) mass is 304 g/mol. The highest BCUT2D eigenvalue weighted by molar-refractivity contribution is 7.80. The first-order valence-electron chi connectivity index (χ1n) is 5.32. The van der Waals surface area contributed by atoms with Gasteiger partial charge in [-0.25, -0.2) is 0 Å². The quantitative estimate of drug-likeness (QED) is 0.870. The van der Waals surface area contributed by atoms with Crippen molar-refractivity contribution in [2.24, 2.45) is 5.73 Å². The van der Waals surface area contributed by atoms with Gasteiger partial charge in [-0.2, -0.15) is 0 Å². The summed E-state index contributed by atoms with van der Waals surface area (Å²) < 4.78 is 0. The van der Waals surface area contributed by atoms with Gasteiger partial charge >= 0.3 is 0 Å². The number of likely N-dealkylation sites (N-methyl/N-ethyl adjacent to an activating group) is 1. The molecule has 0 heterocycles. The Balaban J connectivity index is 2.75. The number of carbonyl (C=O) groups excluding carboxylic acids is 1. The molecule has 0 aliphatic heterocycles. The summed E-state index contributed by atoms with van der Waals surface area (Å²) in [5.41, 5.74) is 6.31. The van der Waals surface area contributed by atoms with Gasteiger partial charge < -0.3 is 10.6 Å². The second kappa shape index (κ2) is 6.36. The molecule has 1 aromatic carbocycles. The summed E-state index contributed by atoms with van der Waals surface area (Å²) in [5.74, 6) is -0.0753. The van der Waals surface area contributed by atoms with Crippen molar-refractivity contribution < 1.29 is 4.79 Å². The van der Waals surface area contributed by atoms with Gasteiger partial charge in [0.05, 0.1) is 27.5 Å². The van der Waals surface area contributed by atoms with E-state index < -0.39 is 0 Å². The van der Waals surface area contributed by atoms with Gasteiger partial charge in [-0.05, 0) is 24.6 Å². The van der Waals surface area contributed by atoms with Crippen molar-refractivity contribution in [1.82, 2.24) is 4.90 Å². The van der Waals surface area contributed by atoms with Gasteiger partial charge in [0.1, 0.15) is 0 Å². The molecule has 1 amide bonds. The summed E-state index contributed by atoms with van der Waals surface area (Å²) in [6.07, 6.45) is 0.236. The Morgan fingerprint density at radius 2 is 2.06 bits per heavy atom. The summed E-state index contributed by atoms with van der Waals surface area (Å²) >= 11 is 16.6. The van der Waals surface area contributed by atoms with Crippen LogP contribution in [0.1, 0.15) is 12.5 Å². The fourth-order valence-corrected chi connectivity index (χ4v) is 1.83. The molecule has 6 heteroatoms. The third-order valence-electron chi connectivity index (χ3n) is 2.73. The average Bonchev–Trinajstić information content (AvgIpc) is 2.31. The molecule has 0 aliphatic rings. The molecule has 0 aromatic heterocycles.